The van der Waals surface area contributed by atoms with Crippen LogP contribution in [0, 0.1) is 12.7 Å². The lowest BCUT2D eigenvalue weighted by Crippen LogP contribution is -2.43. The van der Waals surface area contributed by atoms with E-state index in [1.165, 1.54) is 24.3 Å². The summed E-state index contributed by atoms with van der Waals surface area (Å²) in [5, 5.41) is 9.04. The Labute approximate surface area is 204 Å². The number of halogens is 4. The highest BCUT2D eigenvalue weighted by atomic mass is 32.2. The molecule has 0 aliphatic carbocycles. The smallest absolute Gasteiger partial charge is 0.416 e. The SMILES string of the molecule is Cc1ccc(F)cc1-c1ccc2c(c1)N(S(=O)(=O)c1cccc(C(F)(F)F)c1)C[C@H](CCC(=O)O)O2. The van der Waals surface area contributed by atoms with E-state index in [9.17, 15) is 30.8 Å². The third-order valence-corrected chi connectivity index (χ3v) is 7.61. The van der Waals surface area contributed by atoms with Gasteiger partial charge in [-0.05, 0) is 72.5 Å². The van der Waals surface area contributed by atoms with Gasteiger partial charge in [0.2, 0.25) is 0 Å². The van der Waals surface area contributed by atoms with E-state index in [0.29, 0.717) is 17.2 Å². The highest BCUT2D eigenvalue weighted by Crippen LogP contribution is 2.41. The van der Waals surface area contributed by atoms with E-state index < -0.39 is 44.5 Å². The third kappa shape index (κ3) is 5.15. The second-order valence-corrected chi connectivity index (χ2v) is 10.2. The number of fused-ring (bicyclic) bond motifs is 1. The Morgan fingerprint density at radius 2 is 1.86 bits per heavy atom. The standard InChI is InChI=1S/C25H21F4NO5S/c1-15-5-7-18(26)13-21(15)16-6-9-23-22(11-16)30(14-19(35-23)8-10-24(31)32)36(33,34)20-4-2-3-17(12-20)25(27,28)29/h2-7,9,11-13,19H,8,10,14H2,1H3,(H,31,32)/t19-/m0/s1. The Bertz CT molecular complexity index is 1420. The molecule has 3 aromatic rings. The minimum absolute atomic E-state index is 0.0197. The molecule has 0 amide bonds. The molecule has 6 nitrogen and oxygen atoms in total. The number of anilines is 1. The van der Waals surface area contributed by atoms with Crippen molar-refractivity contribution < 1.29 is 40.6 Å². The fraction of sp³-hybridized carbons (Fsp3) is 0.240. The zero-order chi connectivity index (χ0) is 26.3. The summed E-state index contributed by atoms with van der Waals surface area (Å²) in [6, 6.07) is 12.1. The molecule has 0 radical (unpaired) electrons. The molecule has 190 valence electrons. The Balaban J connectivity index is 1.83. The second-order valence-electron chi connectivity index (χ2n) is 8.38. The fourth-order valence-corrected chi connectivity index (χ4v) is 5.55. The van der Waals surface area contributed by atoms with Gasteiger partial charge in [0.25, 0.3) is 10.0 Å². The molecule has 36 heavy (non-hydrogen) atoms. The molecule has 1 N–H and O–H groups in total. The summed E-state index contributed by atoms with van der Waals surface area (Å²) >= 11 is 0. The summed E-state index contributed by atoms with van der Waals surface area (Å²) in [6.07, 6.45) is -5.91. The summed E-state index contributed by atoms with van der Waals surface area (Å²) in [4.78, 5) is 10.5. The number of hydrogen-bond donors (Lipinski definition) is 1. The maximum atomic E-state index is 13.9. The number of aryl methyl sites for hydroxylation is 1. The van der Waals surface area contributed by atoms with Crippen LogP contribution in [0.3, 0.4) is 0 Å². The van der Waals surface area contributed by atoms with Gasteiger partial charge >= 0.3 is 12.1 Å². The molecule has 0 fully saturated rings. The molecule has 0 saturated heterocycles. The van der Waals surface area contributed by atoms with Crippen LogP contribution in [-0.4, -0.2) is 32.1 Å². The first-order valence-corrected chi connectivity index (χ1v) is 12.3. The van der Waals surface area contributed by atoms with Gasteiger partial charge in [-0.25, -0.2) is 12.8 Å². The van der Waals surface area contributed by atoms with Crippen LogP contribution in [0.2, 0.25) is 0 Å². The molecule has 4 rings (SSSR count). The van der Waals surface area contributed by atoms with Gasteiger partial charge in [-0.15, -0.1) is 0 Å². The van der Waals surface area contributed by atoms with Crippen molar-refractivity contribution in [3.63, 3.8) is 0 Å². The van der Waals surface area contributed by atoms with Gasteiger partial charge in [-0.3, -0.25) is 9.10 Å². The van der Waals surface area contributed by atoms with Crippen molar-refractivity contribution in [2.24, 2.45) is 0 Å². The average Bonchev–Trinajstić information content (AvgIpc) is 2.83. The van der Waals surface area contributed by atoms with Gasteiger partial charge in [-0.2, -0.15) is 13.2 Å². The Morgan fingerprint density at radius 1 is 1.11 bits per heavy atom. The van der Waals surface area contributed by atoms with Crippen molar-refractivity contribution in [3.8, 4) is 16.9 Å². The van der Waals surface area contributed by atoms with Crippen molar-refractivity contribution in [2.45, 2.75) is 36.9 Å². The molecule has 0 unspecified atom stereocenters. The molecule has 0 aromatic heterocycles. The summed E-state index contributed by atoms with van der Waals surface area (Å²) < 4.78 is 87.7. The number of nitrogens with zero attached hydrogens (tertiary/aromatic N) is 1. The van der Waals surface area contributed by atoms with Crippen LogP contribution in [0.25, 0.3) is 11.1 Å². The molecule has 1 aliphatic rings. The quantitative estimate of drug-likeness (QED) is 0.423. The van der Waals surface area contributed by atoms with Crippen LogP contribution in [0.5, 0.6) is 5.75 Å². The van der Waals surface area contributed by atoms with E-state index in [1.807, 2.05) is 0 Å². The van der Waals surface area contributed by atoms with Gasteiger partial charge in [-0.1, -0.05) is 18.2 Å². The molecule has 3 aromatic carbocycles. The van der Waals surface area contributed by atoms with Crippen molar-refractivity contribution in [2.75, 3.05) is 10.8 Å². The lowest BCUT2D eigenvalue weighted by Gasteiger charge is -2.36. The number of alkyl halides is 3. The molecule has 0 bridgehead atoms. The molecule has 0 spiro atoms. The average molecular weight is 524 g/mol. The summed E-state index contributed by atoms with van der Waals surface area (Å²) in [6.45, 7) is 1.44. The van der Waals surface area contributed by atoms with E-state index in [-0.39, 0.29) is 30.8 Å². The first-order valence-electron chi connectivity index (χ1n) is 10.9. The molecule has 0 saturated carbocycles. The number of ether oxygens (including phenoxy) is 1. The maximum Gasteiger partial charge on any atom is 0.416 e. The van der Waals surface area contributed by atoms with E-state index >= 15 is 0 Å². The van der Waals surface area contributed by atoms with Crippen LogP contribution < -0.4 is 9.04 Å². The van der Waals surface area contributed by atoms with Crippen LogP contribution in [0.4, 0.5) is 23.2 Å². The number of carboxylic acids is 1. The summed E-state index contributed by atoms with van der Waals surface area (Å²) in [5.74, 6) is -1.48. The van der Waals surface area contributed by atoms with E-state index in [1.54, 1.807) is 19.1 Å². The summed E-state index contributed by atoms with van der Waals surface area (Å²) in [5.41, 5.74) is 0.633. The fourth-order valence-electron chi connectivity index (χ4n) is 4.01. The molecular formula is C25H21F4NO5S. The van der Waals surface area contributed by atoms with Crippen LogP contribution >= 0.6 is 0 Å². The number of carbonyl (C=O) groups is 1. The third-order valence-electron chi connectivity index (χ3n) is 5.83. The minimum Gasteiger partial charge on any atom is -0.486 e. The molecule has 1 atom stereocenters. The van der Waals surface area contributed by atoms with Gasteiger partial charge in [0, 0.05) is 6.42 Å². The van der Waals surface area contributed by atoms with E-state index in [4.69, 9.17) is 9.84 Å². The van der Waals surface area contributed by atoms with Crippen LogP contribution in [-0.2, 0) is 21.0 Å². The van der Waals surface area contributed by atoms with Crippen molar-refractivity contribution in [3.05, 3.63) is 77.6 Å². The topological polar surface area (TPSA) is 83.9 Å². The van der Waals surface area contributed by atoms with E-state index in [2.05, 4.69) is 0 Å². The Hall–Kier alpha value is -3.60. The maximum absolute atomic E-state index is 13.9. The number of benzene rings is 3. The first-order chi connectivity index (χ1) is 16.9. The normalized spacial score (nSPS) is 15.8. The zero-order valence-corrected chi connectivity index (χ0v) is 19.7. The number of sulfonamides is 1. The van der Waals surface area contributed by atoms with Gasteiger partial charge in [0.15, 0.2) is 0 Å². The predicted octanol–water partition coefficient (Wildman–Crippen LogP) is 5.64. The second kappa shape index (κ2) is 9.45. The predicted molar refractivity (Wildman–Crippen MR) is 124 cm³/mol. The molecule has 11 heteroatoms. The minimum atomic E-state index is -4.75. The monoisotopic (exact) mass is 523 g/mol. The molecular weight excluding hydrogens is 502 g/mol. The molecule has 1 heterocycles. The highest BCUT2D eigenvalue weighted by molar-refractivity contribution is 7.92. The van der Waals surface area contributed by atoms with Gasteiger partial charge < -0.3 is 9.84 Å². The zero-order valence-electron chi connectivity index (χ0n) is 18.9. The molecule has 1 aliphatic heterocycles. The number of hydrogen-bond acceptors (Lipinski definition) is 4. The lowest BCUT2D eigenvalue weighted by molar-refractivity contribution is -0.138. The Morgan fingerprint density at radius 3 is 2.56 bits per heavy atom. The largest absolute Gasteiger partial charge is 0.486 e. The van der Waals surface area contributed by atoms with Gasteiger partial charge in [0.05, 0.1) is 22.7 Å². The van der Waals surface area contributed by atoms with Crippen molar-refractivity contribution in [1.82, 2.24) is 0 Å². The van der Waals surface area contributed by atoms with Gasteiger partial charge in [0.1, 0.15) is 17.7 Å². The highest BCUT2D eigenvalue weighted by Gasteiger charge is 2.37. The van der Waals surface area contributed by atoms with Crippen LogP contribution in [0.1, 0.15) is 24.0 Å². The Kier molecular flexibility index (Phi) is 6.70. The lowest BCUT2D eigenvalue weighted by atomic mass is 9.99. The van der Waals surface area contributed by atoms with E-state index in [0.717, 1.165) is 28.1 Å². The number of rotatable bonds is 6. The summed E-state index contributed by atoms with van der Waals surface area (Å²) in [7, 11) is -4.52. The van der Waals surface area contributed by atoms with Crippen molar-refractivity contribution in [1.29, 1.82) is 0 Å². The number of aliphatic carboxylic acids is 1. The number of carboxylic acid groups (broad SMARTS) is 1. The first kappa shape index (κ1) is 25.5. The van der Waals surface area contributed by atoms with Crippen LogP contribution in [0.15, 0.2) is 65.6 Å². The van der Waals surface area contributed by atoms with Crippen molar-refractivity contribution >= 4 is 21.7 Å².